The predicted octanol–water partition coefficient (Wildman–Crippen LogP) is 2.83. The Kier molecular flexibility index (Phi) is 12.1. The molecule has 1 amide bonds. The monoisotopic (exact) mass is 519 g/mol. The summed E-state index contributed by atoms with van der Waals surface area (Å²) in [5, 5.41) is 6.83. The third-order valence-electron chi connectivity index (χ3n) is 4.94. The summed E-state index contributed by atoms with van der Waals surface area (Å²) in [5.41, 5.74) is 1.14. The summed E-state index contributed by atoms with van der Waals surface area (Å²) in [7, 11) is 3.48. The van der Waals surface area contributed by atoms with Gasteiger partial charge in [0, 0.05) is 46.3 Å². The molecular weight excluding hydrogens is 484 g/mol. The van der Waals surface area contributed by atoms with Crippen LogP contribution in [0.1, 0.15) is 38.2 Å². The topological polar surface area (TPSA) is 60.0 Å². The zero-order chi connectivity index (χ0) is 20.4. The highest BCUT2D eigenvalue weighted by Gasteiger charge is 2.20. The van der Waals surface area contributed by atoms with E-state index >= 15 is 0 Å². The van der Waals surface area contributed by atoms with E-state index in [0.717, 1.165) is 63.4 Å². The van der Waals surface area contributed by atoms with Crippen molar-refractivity contribution in [3.8, 4) is 0 Å². The summed E-state index contributed by atoms with van der Waals surface area (Å²) in [6.07, 6.45) is 4.20. The highest BCUT2D eigenvalue weighted by molar-refractivity contribution is 14.0. The Morgan fingerprint density at radius 1 is 1.24 bits per heavy atom. The number of piperidine rings is 1. The van der Waals surface area contributed by atoms with Crippen LogP contribution in [0, 0.1) is 5.82 Å². The molecule has 6 nitrogen and oxygen atoms in total. The zero-order valence-electron chi connectivity index (χ0n) is 17.8. The lowest BCUT2D eigenvalue weighted by molar-refractivity contribution is -0.127. The van der Waals surface area contributed by atoms with Crippen LogP contribution in [0.3, 0.4) is 0 Å². The van der Waals surface area contributed by atoms with Crippen LogP contribution in [0.2, 0.25) is 0 Å². The van der Waals surface area contributed by atoms with Crippen LogP contribution in [0.15, 0.2) is 29.3 Å². The first-order valence-corrected chi connectivity index (χ1v) is 10.2. The lowest BCUT2D eigenvalue weighted by Crippen LogP contribution is -2.49. The quantitative estimate of drug-likeness (QED) is 0.240. The highest BCUT2D eigenvalue weighted by Crippen LogP contribution is 2.14. The fourth-order valence-corrected chi connectivity index (χ4v) is 3.10. The summed E-state index contributed by atoms with van der Waals surface area (Å²) >= 11 is 0. The number of nitrogens with one attached hydrogen (secondary N) is 2. The van der Waals surface area contributed by atoms with E-state index in [2.05, 4.69) is 27.4 Å². The molecule has 0 saturated carbocycles. The number of carbonyl (C=O) groups is 1. The molecule has 1 saturated heterocycles. The fourth-order valence-electron chi connectivity index (χ4n) is 3.10. The van der Waals surface area contributed by atoms with Crippen molar-refractivity contribution >= 4 is 35.8 Å². The number of rotatable bonds is 8. The molecule has 1 fully saturated rings. The third kappa shape index (κ3) is 9.75. The van der Waals surface area contributed by atoms with E-state index in [-0.39, 0.29) is 42.2 Å². The van der Waals surface area contributed by atoms with Gasteiger partial charge in [0.25, 0.3) is 0 Å². The van der Waals surface area contributed by atoms with Crippen molar-refractivity contribution in [3.63, 3.8) is 0 Å². The summed E-state index contributed by atoms with van der Waals surface area (Å²) in [5.74, 6) is 0.521. The second-order valence-electron chi connectivity index (χ2n) is 7.55. The van der Waals surface area contributed by atoms with Gasteiger partial charge in [0.2, 0.25) is 5.91 Å². The first-order valence-electron chi connectivity index (χ1n) is 10.2. The number of benzene rings is 1. The lowest BCUT2D eigenvalue weighted by Gasteiger charge is -2.33. The first-order chi connectivity index (χ1) is 13.5. The molecule has 0 unspecified atom stereocenters. The summed E-state index contributed by atoms with van der Waals surface area (Å²) in [6.45, 7) is 5.96. The van der Waals surface area contributed by atoms with E-state index in [1.807, 2.05) is 12.1 Å². The van der Waals surface area contributed by atoms with Gasteiger partial charge < -0.3 is 15.5 Å². The van der Waals surface area contributed by atoms with Crippen LogP contribution in [0.4, 0.5) is 4.39 Å². The normalized spacial score (nSPS) is 15.5. The number of aliphatic imine (C=N–C) groups is 1. The zero-order valence-corrected chi connectivity index (χ0v) is 20.1. The van der Waals surface area contributed by atoms with Crippen LogP contribution in [-0.2, 0) is 11.3 Å². The molecule has 29 heavy (non-hydrogen) atoms. The number of hydrogen-bond donors (Lipinski definition) is 2. The molecule has 1 aliphatic rings. The maximum Gasteiger partial charge on any atom is 0.243 e. The molecule has 164 valence electrons. The molecule has 0 atom stereocenters. The highest BCUT2D eigenvalue weighted by atomic mass is 127. The van der Waals surface area contributed by atoms with Gasteiger partial charge in [0.1, 0.15) is 12.4 Å². The Morgan fingerprint density at radius 3 is 2.48 bits per heavy atom. The van der Waals surface area contributed by atoms with Gasteiger partial charge in [-0.15, -0.1) is 24.0 Å². The van der Waals surface area contributed by atoms with Crippen LogP contribution in [0.25, 0.3) is 0 Å². The number of nitrogens with zero attached hydrogens (tertiary/aromatic N) is 3. The van der Waals surface area contributed by atoms with Crippen LogP contribution >= 0.6 is 24.0 Å². The first kappa shape index (κ1) is 25.6. The van der Waals surface area contributed by atoms with Crippen molar-refractivity contribution in [3.05, 3.63) is 35.6 Å². The van der Waals surface area contributed by atoms with E-state index in [9.17, 15) is 9.18 Å². The largest absolute Gasteiger partial charge is 0.356 e. The summed E-state index contributed by atoms with van der Waals surface area (Å²) < 4.78 is 13.0. The van der Waals surface area contributed by atoms with Gasteiger partial charge in [0.15, 0.2) is 5.96 Å². The molecule has 0 bridgehead atoms. The number of amides is 1. The van der Waals surface area contributed by atoms with Crippen molar-refractivity contribution in [2.24, 2.45) is 4.99 Å². The molecule has 0 spiro atoms. The molecule has 0 radical (unpaired) electrons. The van der Waals surface area contributed by atoms with Crippen molar-refractivity contribution in [2.75, 3.05) is 40.3 Å². The van der Waals surface area contributed by atoms with Crippen molar-refractivity contribution < 1.29 is 9.18 Å². The van der Waals surface area contributed by atoms with Gasteiger partial charge in [0.05, 0.1) is 0 Å². The van der Waals surface area contributed by atoms with Gasteiger partial charge in [-0.25, -0.2) is 9.38 Å². The van der Waals surface area contributed by atoms with E-state index in [4.69, 9.17) is 0 Å². The molecule has 1 aliphatic heterocycles. The molecular formula is C21H35FIN5O. The van der Waals surface area contributed by atoms with Crippen LogP contribution in [-0.4, -0.2) is 68.0 Å². The molecule has 1 aromatic rings. The molecule has 2 rings (SSSR count). The number of halogens is 2. The fraction of sp³-hybridized carbons (Fsp3) is 0.619. The second-order valence-corrected chi connectivity index (χ2v) is 7.55. The lowest BCUT2D eigenvalue weighted by atomic mass is 10.0. The van der Waals surface area contributed by atoms with Crippen LogP contribution < -0.4 is 10.6 Å². The van der Waals surface area contributed by atoms with E-state index in [1.54, 1.807) is 19.0 Å². The molecule has 0 aliphatic carbocycles. The Hall–Kier alpha value is -1.42. The standard InChI is InChI=1S/C21H34FN5O.HI/c1-4-5-12-23-21(24-15-20(28)26(2)3)25-19-10-13-27(14-11-19)16-17-6-8-18(22)9-7-17;/h6-9,19H,4-5,10-16H2,1-3H3,(H2,23,24,25);1H. The van der Waals surface area contributed by atoms with Crippen molar-refractivity contribution in [1.82, 2.24) is 20.4 Å². The minimum atomic E-state index is -0.193. The van der Waals surface area contributed by atoms with Gasteiger partial charge in [-0.2, -0.15) is 0 Å². The average Bonchev–Trinajstić information content (AvgIpc) is 2.69. The Labute approximate surface area is 191 Å². The maximum atomic E-state index is 13.0. The Morgan fingerprint density at radius 2 is 1.90 bits per heavy atom. The number of carbonyl (C=O) groups excluding carboxylic acids is 1. The average molecular weight is 519 g/mol. The number of guanidine groups is 1. The van der Waals surface area contributed by atoms with E-state index < -0.39 is 0 Å². The summed E-state index contributed by atoms with van der Waals surface area (Å²) in [4.78, 5) is 20.2. The van der Waals surface area contributed by atoms with E-state index in [1.165, 1.54) is 12.1 Å². The SMILES string of the molecule is CCCCNC(=NCC(=O)N(C)C)NC1CCN(Cc2ccc(F)cc2)CC1.I. The summed E-state index contributed by atoms with van der Waals surface area (Å²) in [6, 6.07) is 7.08. The molecule has 8 heteroatoms. The molecule has 1 aromatic carbocycles. The number of likely N-dealkylation sites (tertiary alicyclic amines) is 1. The smallest absolute Gasteiger partial charge is 0.243 e. The van der Waals surface area contributed by atoms with Crippen molar-refractivity contribution in [2.45, 2.75) is 45.2 Å². The number of likely N-dealkylation sites (N-methyl/N-ethyl adjacent to an activating group) is 1. The number of hydrogen-bond acceptors (Lipinski definition) is 3. The maximum absolute atomic E-state index is 13.0. The minimum Gasteiger partial charge on any atom is -0.356 e. The molecule has 1 heterocycles. The Balaban J connectivity index is 0.00000420. The van der Waals surface area contributed by atoms with Gasteiger partial charge in [-0.05, 0) is 37.0 Å². The number of unbranched alkanes of at least 4 members (excludes halogenated alkanes) is 1. The van der Waals surface area contributed by atoms with E-state index in [0.29, 0.717) is 6.04 Å². The predicted molar refractivity (Wildman–Crippen MR) is 127 cm³/mol. The second kappa shape index (κ2) is 13.7. The molecule has 2 N–H and O–H groups in total. The van der Waals surface area contributed by atoms with Crippen molar-refractivity contribution in [1.29, 1.82) is 0 Å². The van der Waals surface area contributed by atoms with Gasteiger partial charge in [-0.3, -0.25) is 9.69 Å². The van der Waals surface area contributed by atoms with Gasteiger partial charge in [-0.1, -0.05) is 25.5 Å². The molecule has 0 aromatic heterocycles. The minimum absolute atomic E-state index is 0. The van der Waals surface area contributed by atoms with Gasteiger partial charge >= 0.3 is 0 Å². The Bertz CT molecular complexity index is 630. The third-order valence-corrected chi connectivity index (χ3v) is 4.94. The van der Waals surface area contributed by atoms with Crippen LogP contribution in [0.5, 0.6) is 0 Å².